The van der Waals surface area contributed by atoms with Crippen LogP contribution in [0.4, 0.5) is 5.69 Å². The number of sulfone groups is 1. The average molecular weight is 312 g/mol. The van der Waals surface area contributed by atoms with Gasteiger partial charge in [0.2, 0.25) is 5.91 Å². The fraction of sp³-hybridized carbons (Fsp3) is 0.500. The summed E-state index contributed by atoms with van der Waals surface area (Å²) < 4.78 is 27.9. The number of rotatable bonds is 5. The minimum Gasteiger partial charge on any atom is -0.495 e. The fourth-order valence-corrected chi connectivity index (χ4v) is 4.00. The Kier molecular flexibility index (Phi) is 4.72. The summed E-state index contributed by atoms with van der Waals surface area (Å²) in [6.07, 6.45) is 0.488. The van der Waals surface area contributed by atoms with Crippen LogP contribution < -0.4 is 15.4 Å². The van der Waals surface area contributed by atoms with Crippen molar-refractivity contribution in [2.24, 2.45) is 0 Å². The first-order valence-electron chi connectivity index (χ1n) is 6.78. The molecule has 1 aromatic carbocycles. The molecule has 1 aromatic rings. The van der Waals surface area contributed by atoms with Gasteiger partial charge in [0.05, 0.1) is 30.8 Å². The zero-order valence-electron chi connectivity index (χ0n) is 12.2. The molecule has 1 fully saturated rings. The summed E-state index contributed by atoms with van der Waals surface area (Å²) in [5, 5.41) is 5.75. The summed E-state index contributed by atoms with van der Waals surface area (Å²) in [5.41, 5.74) is 1.80. The van der Waals surface area contributed by atoms with Gasteiger partial charge in [0, 0.05) is 6.04 Å². The molecule has 1 atom stereocenters. The number of hydrogen-bond donors (Lipinski definition) is 2. The van der Waals surface area contributed by atoms with E-state index in [-0.39, 0.29) is 30.0 Å². The van der Waals surface area contributed by atoms with Gasteiger partial charge in [0.15, 0.2) is 9.84 Å². The Labute approximate surface area is 124 Å². The van der Waals surface area contributed by atoms with E-state index in [1.165, 1.54) is 0 Å². The second-order valence-corrected chi connectivity index (χ2v) is 7.45. The van der Waals surface area contributed by atoms with Gasteiger partial charge in [0.25, 0.3) is 0 Å². The van der Waals surface area contributed by atoms with Crippen LogP contribution in [0.15, 0.2) is 18.2 Å². The van der Waals surface area contributed by atoms with Crippen molar-refractivity contribution in [3.8, 4) is 5.75 Å². The summed E-state index contributed by atoms with van der Waals surface area (Å²) in [6, 6.07) is 5.38. The van der Waals surface area contributed by atoms with Crippen LogP contribution in [0, 0.1) is 6.92 Å². The largest absolute Gasteiger partial charge is 0.495 e. The number of ether oxygens (including phenoxy) is 1. The van der Waals surface area contributed by atoms with E-state index in [0.29, 0.717) is 12.2 Å². The second-order valence-electron chi connectivity index (χ2n) is 5.22. The summed E-state index contributed by atoms with van der Waals surface area (Å²) in [4.78, 5) is 11.9. The molecule has 0 spiro atoms. The quantitative estimate of drug-likeness (QED) is 0.837. The number of aryl methyl sites for hydroxylation is 1. The maximum Gasteiger partial charge on any atom is 0.239 e. The van der Waals surface area contributed by atoms with E-state index < -0.39 is 9.84 Å². The molecule has 0 radical (unpaired) electrons. The Balaban J connectivity index is 1.88. The number of anilines is 1. The molecule has 0 aromatic heterocycles. The molecule has 2 rings (SSSR count). The van der Waals surface area contributed by atoms with Gasteiger partial charge in [-0.3, -0.25) is 4.79 Å². The minimum atomic E-state index is -2.98. The van der Waals surface area contributed by atoms with Crippen molar-refractivity contribution in [1.29, 1.82) is 0 Å². The molecule has 0 unspecified atom stereocenters. The lowest BCUT2D eigenvalue weighted by atomic mass is 10.2. The van der Waals surface area contributed by atoms with Gasteiger partial charge in [-0.1, -0.05) is 6.07 Å². The predicted octanol–water partition coefficient (Wildman–Crippen LogP) is 0.719. The van der Waals surface area contributed by atoms with Gasteiger partial charge < -0.3 is 15.4 Å². The average Bonchev–Trinajstić information content (AvgIpc) is 2.75. The molecule has 0 saturated carbocycles. The smallest absolute Gasteiger partial charge is 0.239 e. The van der Waals surface area contributed by atoms with Gasteiger partial charge in [-0.25, -0.2) is 8.42 Å². The first kappa shape index (κ1) is 15.6. The van der Waals surface area contributed by atoms with Crippen molar-refractivity contribution in [3.05, 3.63) is 23.8 Å². The van der Waals surface area contributed by atoms with Crippen molar-refractivity contribution in [2.75, 3.05) is 30.5 Å². The number of carbonyl (C=O) groups excluding carboxylic acids is 1. The maximum atomic E-state index is 11.9. The fourth-order valence-electron chi connectivity index (χ4n) is 2.32. The normalized spacial score (nSPS) is 20.0. The SMILES string of the molecule is COc1ccc(C)cc1NCC(=O)N[C@H]1CCS(=O)(=O)C1. The Morgan fingerprint density at radius 1 is 1.43 bits per heavy atom. The monoisotopic (exact) mass is 312 g/mol. The predicted molar refractivity (Wildman–Crippen MR) is 81.4 cm³/mol. The molecular weight excluding hydrogens is 292 g/mol. The lowest BCUT2D eigenvalue weighted by molar-refractivity contribution is -0.119. The topological polar surface area (TPSA) is 84.5 Å². The zero-order chi connectivity index (χ0) is 15.5. The molecule has 1 aliphatic heterocycles. The zero-order valence-corrected chi connectivity index (χ0v) is 13.0. The van der Waals surface area contributed by atoms with Crippen LogP contribution in [0.1, 0.15) is 12.0 Å². The van der Waals surface area contributed by atoms with Crippen LogP contribution in [0.5, 0.6) is 5.75 Å². The molecule has 0 bridgehead atoms. The Morgan fingerprint density at radius 3 is 2.81 bits per heavy atom. The van der Waals surface area contributed by atoms with E-state index in [4.69, 9.17) is 4.74 Å². The first-order chi connectivity index (χ1) is 9.89. The molecule has 0 aliphatic carbocycles. The molecule has 1 heterocycles. The number of methoxy groups -OCH3 is 1. The minimum absolute atomic E-state index is 0.0342. The van der Waals surface area contributed by atoms with Gasteiger partial charge in [-0.15, -0.1) is 0 Å². The lowest BCUT2D eigenvalue weighted by Gasteiger charge is -2.14. The summed E-state index contributed by atoms with van der Waals surface area (Å²) in [6.45, 7) is 2.03. The third kappa shape index (κ3) is 4.35. The van der Waals surface area contributed by atoms with Crippen LogP contribution in [-0.2, 0) is 14.6 Å². The van der Waals surface area contributed by atoms with Crippen LogP contribution in [0.3, 0.4) is 0 Å². The second kappa shape index (κ2) is 6.34. The summed E-state index contributed by atoms with van der Waals surface area (Å²) >= 11 is 0. The van der Waals surface area contributed by atoms with E-state index in [9.17, 15) is 13.2 Å². The van der Waals surface area contributed by atoms with Gasteiger partial charge in [0.1, 0.15) is 5.75 Å². The Bertz CT molecular complexity index is 628. The van der Waals surface area contributed by atoms with Crippen LogP contribution in [0.2, 0.25) is 0 Å². The summed E-state index contributed by atoms with van der Waals surface area (Å²) in [7, 11) is -1.41. The van der Waals surface area contributed by atoms with E-state index in [1.54, 1.807) is 7.11 Å². The van der Waals surface area contributed by atoms with Crippen molar-refractivity contribution < 1.29 is 17.9 Å². The van der Waals surface area contributed by atoms with Crippen molar-refractivity contribution in [2.45, 2.75) is 19.4 Å². The highest BCUT2D eigenvalue weighted by atomic mass is 32.2. The van der Waals surface area contributed by atoms with Crippen molar-refractivity contribution >= 4 is 21.4 Å². The summed E-state index contributed by atoms with van der Waals surface area (Å²) in [5.74, 6) is 0.626. The molecule has 1 amide bonds. The highest BCUT2D eigenvalue weighted by molar-refractivity contribution is 7.91. The van der Waals surface area contributed by atoms with Crippen LogP contribution >= 0.6 is 0 Å². The molecule has 2 N–H and O–H groups in total. The van der Waals surface area contributed by atoms with Gasteiger partial charge in [-0.2, -0.15) is 0 Å². The molecular formula is C14H20N2O4S. The molecule has 21 heavy (non-hydrogen) atoms. The van der Waals surface area contributed by atoms with E-state index >= 15 is 0 Å². The number of hydrogen-bond acceptors (Lipinski definition) is 5. The lowest BCUT2D eigenvalue weighted by Crippen LogP contribution is -2.39. The molecule has 7 heteroatoms. The van der Waals surface area contributed by atoms with E-state index in [0.717, 1.165) is 11.3 Å². The number of carbonyl (C=O) groups is 1. The van der Waals surface area contributed by atoms with E-state index in [2.05, 4.69) is 10.6 Å². The highest BCUT2D eigenvalue weighted by Gasteiger charge is 2.28. The van der Waals surface area contributed by atoms with Gasteiger partial charge in [-0.05, 0) is 31.0 Å². The van der Waals surface area contributed by atoms with E-state index in [1.807, 2.05) is 25.1 Å². The number of benzene rings is 1. The van der Waals surface area contributed by atoms with Crippen molar-refractivity contribution in [3.63, 3.8) is 0 Å². The van der Waals surface area contributed by atoms with Gasteiger partial charge >= 0.3 is 0 Å². The standard InChI is InChI=1S/C14H20N2O4S/c1-10-3-4-13(20-2)12(7-10)15-8-14(17)16-11-5-6-21(18,19)9-11/h3-4,7,11,15H,5-6,8-9H2,1-2H3,(H,16,17)/t11-/m0/s1. The number of amides is 1. The number of nitrogens with one attached hydrogen (secondary N) is 2. The van der Waals surface area contributed by atoms with Crippen LogP contribution in [0.25, 0.3) is 0 Å². The first-order valence-corrected chi connectivity index (χ1v) is 8.60. The van der Waals surface area contributed by atoms with Crippen LogP contribution in [-0.4, -0.2) is 45.5 Å². The van der Waals surface area contributed by atoms with Crippen molar-refractivity contribution in [1.82, 2.24) is 5.32 Å². The molecule has 1 saturated heterocycles. The third-order valence-electron chi connectivity index (χ3n) is 3.39. The highest BCUT2D eigenvalue weighted by Crippen LogP contribution is 2.24. The molecule has 1 aliphatic rings. The Morgan fingerprint density at radius 2 is 2.19 bits per heavy atom. The Hall–Kier alpha value is -1.76. The molecule has 116 valence electrons. The molecule has 6 nitrogen and oxygen atoms in total. The third-order valence-corrected chi connectivity index (χ3v) is 5.16. The maximum absolute atomic E-state index is 11.9.